The lowest BCUT2D eigenvalue weighted by atomic mass is 9.99. The molecule has 1 fully saturated rings. The first-order chi connectivity index (χ1) is 13.2. The van der Waals surface area contributed by atoms with Gasteiger partial charge in [-0.25, -0.2) is 12.8 Å². The third kappa shape index (κ3) is 3.54. The minimum absolute atomic E-state index is 0.198. The number of nitrogens with zero attached hydrogens (tertiary/aromatic N) is 1. The van der Waals surface area contributed by atoms with Crippen LogP contribution in [0.5, 0.6) is 0 Å². The highest BCUT2D eigenvalue weighted by atomic mass is 32.2. The van der Waals surface area contributed by atoms with Gasteiger partial charge in [-0.3, -0.25) is 4.79 Å². The van der Waals surface area contributed by atoms with E-state index in [4.69, 9.17) is 0 Å². The van der Waals surface area contributed by atoms with Gasteiger partial charge in [-0.1, -0.05) is 6.07 Å². The summed E-state index contributed by atoms with van der Waals surface area (Å²) in [5.41, 5.74) is 1.85. The van der Waals surface area contributed by atoms with Gasteiger partial charge in [-0.05, 0) is 54.5 Å². The number of hydrogen-bond donors (Lipinski definition) is 1. The number of halogens is 1. The van der Waals surface area contributed by atoms with E-state index in [1.165, 1.54) is 29.5 Å². The first-order valence-corrected chi connectivity index (χ1v) is 11.0. The van der Waals surface area contributed by atoms with Crippen LogP contribution in [-0.2, 0) is 16.9 Å². The number of benzene rings is 2. The number of anilines is 1. The molecule has 0 radical (unpaired) electrons. The van der Waals surface area contributed by atoms with E-state index >= 15 is 0 Å². The van der Waals surface area contributed by atoms with Gasteiger partial charge in [0, 0.05) is 42.9 Å². The van der Waals surface area contributed by atoms with E-state index in [-0.39, 0.29) is 15.8 Å². The minimum Gasteiger partial charge on any atom is -0.384 e. The van der Waals surface area contributed by atoms with Gasteiger partial charge in [0.1, 0.15) is 5.82 Å². The van der Waals surface area contributed by atoms with Gasteiger partial charge in [-0.15, -0.1) is 0 Å². The Balaban J connectivity index is 1.98. The molecule has 146 valence electrons. The molecule has 7 heteroatoms. The van der Waals surface area contributed by atoms with Crippen LogP contribution >= 0.6 is 0 Å². The monoisotopic (exact) mass is 400 g/mol. The van der Waals surface area contributed by atoms with Crippen molar-refractivity contribution in [2.75, 3.05) is 18.1 Å². The first-order valence-electron chi connectivity index (χ1n) is 9.11. The zero-order valence-corrected chi connectivity index (χ0v) is 16.5. The molecule has 1 N–H and O–H groups in total. The first kappa shape index (κ1) is 18.7. The van der Waals surface area contributed by atoms with Crippen LogP contribution in [-0.4, -0.2) is 25.8 Å². The summed E-state index contributed by atoms with van der Waals surface area (Å²) in [5.74, 6) is 0.145. The van der Waals surface area contributed by atoms with Gasteiger partial charge >= 0.3 is 0 Å². The highest BCUT2D eigenvalue weighted by Crippen LogP contribution is 2.36. The maximum atomic E-state index is 13.8. The summed E-state index contributed by atoms with van der Waals surface area (Å²) in [4.78, 5) is 12.7. The highest BCUT2D eigenvalue weighted by molar-refractivity contribution is 7.90. The molecule has 0 aliphatic heterocycles. The zero-order chi connectivity index (χ0) is 20.1. The maximum Gasteiger partial charge on any atom is 0.258 e. The van der Waals surface area contributed by atoms with Gasteiger partial charge in [0.25, 0.3) is 5.56 Å². The Morgan fingerprint density at radius 3 is 2.54 bits per heavy atom. The average Bonchev–Trinajstić information content (AvgIpc) is 3.47. The summed E-state index contributed by atoms with van der Waals surface area (Å²) in [6.07, 6.45) is 5.21. The molecule has 3 aromatic rings. The van der Waals surface area contributed by atoms with E-state index < -0.39 is 15.7 Å². The molecule has 1 heterocycles. The predicted molar refractivity (Wildman–Crippen MR) is 109 cm³/mol. The number of nitrogens with one attached hydrogen (secondary N) is 1. The van der Waals surface area contributed by atoms with Crippen molar-refractivity contribution in [1.29, 1.82) is 0 Å². The van der Waals surface area contributed by atoms with Crippen molar-refractivity contribution in [3.05, 3.63) is 58.8 Å². The van der Waals surface area contributed by atoms with Crippen LogP contribution in [0.2, 0.25) is 0 Å². The van der Waals surface area contributed by atoms with Crippen molar-refractivity contribution in [3.63, 3.8) is 0 Å². The fraction of sp³-hybridized carbons (Fsp3) is 0.286. The fourth-order valence-electron chi connectivity index (χ4n) is 3.36. The van der Waals surface area contributed by atoms with Crippen molar-refractivity contribution in [1.82, 2.24) is 4.57 Å². The van der Waals surface area contributed by atoms with Gasteiger partial charge in [-0.2, -0.15) is 0 Å². The normalized spacial score (nSPS) is 14.4. The van der Waals surface area contributed by atoms with E-state index in [0.717, 1.165) is 18.5 Å². The Labute approximate surface area is 162 Å². The van der Waals surface area contributed by atoms with Crippen LogP contribution in [0.1, 0.15) is 12.8 Å². The zero-order valence-electron chi connectivity index (χ0n) is 15.7. The molecule has 5 nitrogen and oxygen atoms in total. The summed E-state index contributed by atoms with van der Waals surface area (Å²) in [5, 5.41) is 4.26. The number of fused-ring (bicyclic) bond motifs is 1. The number of aromatic nitrogens is 1. The number of rotatable bonds is 5. The van der Waals surface area contributed by atoms with Gasteiger partial charge in [0.05, 0.1) is 10.3 Å². The topological polar surface area (TPSA) is 68.2 Å². The van der Waals surface area contributed by atoms with E-state index in [0.29, 0.717) is 22.4 Å². The van der Waals surface area contributed by atoms with Gasteiger partial charge in [0.2, 0.25) is 0 Å². The van der Waals surface area contributed by atoms with Crippen molar-refractivity contribution in [2.45, 2.75) is 17.7 Å². The Morgan fingerprint density at radius 2 is 1.86 bits per heavy atom. The summed E-state index contributed by atoms with van der Waals surface area (Å²) in [7, 11) is -1.80. The Bertz CT molecular complexity index is 1240. The largest absolute Gasteiger partial charge is 0.384 e. The van der Waals surface area contributed by atoms with Crippen LogP contribution in [0.25, 0.3) is 21.9 Å². The highest BCUT2D eigenvalue weighted by Gasteiger charge is 2.22. The quantitative estimate of drug-likeness (QED) is 0.711. The molecule has 4 rings (SSSR count). The second-order valence-corrected chi connectivity index (χ2v) is 9.47. The van der Waals surface area contributed by atoms with Gasteiger partial charge in [0.15, 0.2) is 9.84 Å². The lowest BCUT2D eigenvalue weighted by Gasteiger charge is -2.16. The predicted octanol–water partition coefficient (Wildman–Crippen LogP) is 3.57. The summed E-state index contributed by atoms with van der Waals surface area (Å²) in [6, 6.07) is 9.06. The molecule has 28 heavy (non-hydrogen) atoms. The molecule has 0 saturated heterocycles. The molecular formula is C21H21FN2O3S. The molecule has 0 atom stereocenters. The summed E-state index contributed by atoms with van der Waals surface area (Å²) in [6.45, 7) is 0.809. The number of sulfone groups is 1. The molecule has 0 amide bonds. The number of aryl methyl sites for hydroxylation is 1. The standard InChI is InChI=1S/C21H21FN2O3S/c1-24-12-19(16-7-5-14(22)9-18(16)21(24)25)17-10-15(28(2,26)27)6-8-20(17)23-11-13-3-4-13/h5-10,12-13,23H,3-4,11H2,1-2H3. The molecule has 0 bridgehead atoms. The van der Waals surface area contributed by atoms with Crippen LogP contribution in [0.4, 0.5) is 10.1 Å². The molecule has 1 aliphatic carbocycles. The molecule has 0 unspecified atom stereocenters. The molecule has 0 spiro atoms. The van der Waals surface area contributed by atoms with E-state index in [1.807, 2.05) is 0 Å². The second-order valence-electron chi connectivity index (χ2n) is 7.45. The second kappa shape index (κ2) is 6.74. The van der Waals surface area contributed by atoms with Crippen molar-refractivity contribution in [2.24, 2.45) is 13.0 Å². The molecule has 1 aliphatic rings. The average molecular weight is 400 g/mol. The third-order valence-corrected chi connectivity index (χ3v) is 6.24. The maximum absolute atomic E-state index is 13.8. The lowest BCUT2D eigenvalue weighted by Crippen LogP contribution is -2.17. The van der Waals surface area contributed by atoms with Crippen LogP contribution in [0, 0.1) is 11.7 Å². The third-order valence-electron chi connectivity index (χ3n) is 5.13. The Hall–Kier alpha value is -2.67. The smallest absolute Gasteiger partial charge is 0.258 e. The Kier molecular flexibility index (Phi) is 4.50. The van der Waals surface area contributed by atoms with Crippen LogP contribution in [0.3, 0.4) is 0 Å². The van der Waals surface area contributed by atoms with Crippen LogP contribution < -0.4 is 10.9 Å². The van der Waals surface area contributed by atoms with Crippen molar-refractivity contribution >= 4 is 26.3 Å². The molecular weight excluding hydrogens is 379 g/mol. The van der Waals surface area contributed by atoms with Crippen molar-refractivity contribution < 1.29 is 12.8 Å². The van der Waals surface area contributed by atoms with Crippen LogP contribution in [0.15, 0.2) is 52.3 Å². The summed E-state index contributed by atoms with van der Waals surface area (Å²) < 4.78 is 39.4. The summed E-state index contributed by atoms with van der Waals surface area (Å²) >= 11 is 0. The van der Waals surface area contributed by atoms with E-state index in [2.05, 4.69) is 5.32 Å². The number of hydrogen-bond acceptors (Lipinski definition) is 4. The minimum atomic E-state index is -3.40. The molecule has 2 aromatic carbocycles. The van der Waals surface area contributed by atoms with E-state index in [1.54, 1.807) is 37.5 Å². The molecule has 1 aromatic heterocycles. The van der Waals surface area contributed by atoms with E-state index in [9.17, 15) is 17.6 Å². The SMILES string of the molecule is Cn1cc(-c2cc(S(C)(=O)=O)ccc2NCC2CC2)c2ccc(F)cc2c1=O. The Morgan fingerprint density at radius 1 is 1.11 bits per heavy atom. The fourth-order valence-corrected chi connectivity index (χ4v) is 4.01. The lowest BCUT2D eigenvalue weighted by molar-refractivity contribution is 0.602. The molecule has 1 saturated carbocycles. The van der Waals surface area contributed by atoms with Crippen molar-refractivity contribution in [3.8, 4) is 11.1 Å². The number of pyridine rings is 1. The van der Waals surface area contributed by atoms with Gasteiger partial charge < -0.3 is 9.88 Å².